The average molecular weight is 961 g/mol. The van der Waals surface area contributed by atoms with E-state index in [1.165, 1.54) is 0 Å². The van der Waals surface area contributed by atoms with Crippen molar-refractivity contribution in [3.05, 3.63) is 45.8 Å². The van der Waals surface area contributed by atoms with Gasteiger partial charge in [0.15, 0.2) is 0 Å². The van der Waals surface area contributed by atoms with Crippen LogP contribution in [0.4, 0.5) is 19.2 Å². The van der Waals surface area contributed by atoms with Gasteiger partial charge in [0.25, 0.3) is 0 Å². The number of aromatic nitrogens is 4. The van der Waals surface area contributed by atoms with Crippen molar-refractivity contribution in [2.45, 2.75) is 181 Å². The summed E-state index contributed by atoms with van der Waals surface area (Å²) >= 11 is 0. The quantitative estimate of drug-likeness (QED) is 0.168. The zero-order chi connectivity index (χ0) is 51.0. The maximum absolute atomic E-state index is 11.9. The van der Waals surface area contributed by atoms with Gasteiger partial charge in [-0.05, 0) is 134 Å². The Morgan fingerprint density at radius 2 is 0.779 bits per heavy atom. The molecule has 4 saturated heterocycles. The molecule has 0 unspecified atom stereocenters. The Bertz CT molecular complexity index is 1950. The molecule has 4 aliphatic rings. The Morgan fingerprint density at radius 1 is 0.515 bits per heavy atom. The highest BCUT2D eigenvalue weighted by molar-refractivity contribution is 5.69. The van der Waals surface area contributed by atoms with Gasteiger partial charge in [0.2, 0.25) is 6.08 Å². The minimum atomic E-state index is -0.467. The first kappa shape index (κ1) is 56.8. The second-order valence-electron chi connectivity index (χ2n) is 21.5. The predicted molar refractivity (Wildman–Crippen MR) is 256 cm³/mol. The zero-order valence-corrected chi connectivity index (χ0v) is 42.6. The number of nitrogens with one attached hydrogen (secondary N) is 2. The summed E-state index contributed by atoms with van der Waals surface area (Å²) in [7, 11) is 0. The van der Waals surface area contributed by atoms with Gasteiger partial charge in [0.1, 0.15) is 22.4 Å². The number of nitrogens with two attached hydrogens (primary N) is 1. The van der Waals surface area contributed by atoms with Gasteiger partial charge in [-0.3, -0.25) is 9.13 Å². The first-order valence-corrected chi connectivity index (χ1v) is 23.8. The summed E-state index contributed by atoms with van der Waals surface area (Å²) in [6.07, 6.45) is 13.6. The maximum Gasteiger partial charge on any atom is 0.410 e. The number of hydrogen-bond donors (Lipinski definition) is 3. The normalized spacial score (nSPS) is 18.0. The van der Waals surface area contributed by atoms with Crippen molar-refractivity contribution < 1.29 is 42.9 Å². The summed E-state index contributed by atoms with van der Waals surface area (Å²) in [5, 5.41) is 0. The number of carbonyl (C=O) groups is 4. The van der Waals surface area contributed by atoms with Gasteiger partial charge in [-0.25, -0.2) is 38.6 Å². The Balaban J connectivity index is 0.000000242. The lowest BCUT2D eigenvalue weighted by atomic mass is 10.1. The molecule has 6 rings (SSSR count). The van der Waals surface area contributed by atoms with Crippen LogP contribution < -0.4 is 17.1 Å². The number of rotatable bonds is 3. The SMILES string of the molecule is CC(C)(C)OC(=O)N1CCC(N)CC1.CC(C)(C)OC(=O)N1CCC(N=C=O)CC1.CC(C)(C)OC(=O)N1CCC(n2cc[nH]c2=O)CC1.CC(C)(C)OC(=O)N1CCC(n2cc[nH]c2=O)CC1. The molecular formula is C47H80N10O11. The summed E-state index contributed by atoms with van der Waals surface area (Å²) < 4.78 is 24.6. The van der Waals surface area contributed by atoms with Crippen molar-refractivity contribution in [2.75, 3.05) is 52.4 Å². The second kappa shape index (κ2) is 25.2. The molecule has 68 heavy (non-hydrogen) atoms. The molecule has 4 fully saturated rings. The Hall–Kier alpha value is -5.56. The molecular weight excluding hydrogens is 881 g/mol. The Labute approximate surface area is 401 Å². The number of amides is 4. The molecule has 0 aliphatic carbocycles. The van der Waals surface area contributed by atoms with Gasteiger partial charge in [0.05, 0.1) is 6.04 Å². The highest BCUT2D eigenvalue weighted by atomic mass is 16.6. The molecule has 2 aromatic rings. The number of isocyanates is 1. The monoisotopic (exact) mass is 961 g/mol. The third-order valence-electron chi connectivity index (χ3n) is 10.9. The number of likely N-dealkylation sites (tertiary alicyclic amines) is 4. The Morgan fingerprint density at radius 3 is 1.01 bits per heavy atom. The van der Waals surface area contributed by atoms with Crippen molar-refractivity contribution >= 4 is 30.5 Å². The van der Waals surface area contributed by atoms with E-state index >= 15 is 0 Å². The first-order chi connectivity index (χ1) is 31.5. The lowest BCUT2D eigenvalue weighted by Gasteiger charge is -2.33. The van der Waals surface area contributed by atoms with E-state index in [0.29, 0.717) is 52.1 Å². The molecule has 0 bridgehead atoms. The van der Waals surface area contributed by atoms with Crippen molar-refractivity contribution in [3.63, 3.8) is 0 Å². The highest BCUT2D eigenvalue weighted by Gasteiger charge is 2.31. The van der Waals surface area contributed by atoms with Crippen molar-refractivity contribution in [3.8, 4) is 0 Å². The molecule has 384 valence electrons. The number of aliphatic imine (C=N–C) groups is 1. The number of imidazole rings is 2. The topological polar surface area (TPSA) is 249 Å². The van der Waals surface area contributed by atoms with Crippen LogP contribution in [0.15, 0.2) is 39.4 Å². The van der Waals surface area contributed by atoms with Gasteiger partial charge in [-0.2, -0.15) is 0 Å². The minimum Gasteiger partial charge on any atom is -0.444 e. The van der Waals surface area contributed by atoms with E-state index < -0.39 is 22.4 Å². The van der Waals surface area contributed by atoms with Crippen LogP contribution in [0.2, 0.25) is 0 Å². The fraction of sp³-hybridized carbons (Fsp3) is 0.766. The maximum atomic E-state index is 11.9. The third-order valence-corrected chi connectivity index (χ3v) is 10.9. The summed E-state index contributed by atoms with van der Waals surface area (Å²) in [6.45, 7) is 27.4. The molecule has 0 aromatic carbocycles. The van der Waals surface area contributed by atoms with E-state index in [9.17, 15) is 33.6 Å². The lowest BCUT2D eigenvalue weighted by Crippen LogP contribution is -2.44. The van der Waals surface area contributed by atoms with E-state index in [1.807, 2.05) is 83.1 Å². The molecule has 0 radical (unpaired) electrons. The van der Waals surface area contributed by atoms with Crippen molar-refractivity contribution in [1.82, 2.24) is 38.7 Å². The van der Waals surface area contributed by atoms with Gasteiger partial charge >= 0.3 is 35.8 Å². The molecule has 2 aromatic heterocycles. The molecule has 6 heterocycles. The van der Waals surface area contributed by atoms with Crippen LogP contribution in [0.5, 0.6) is 0 Å². The minimum absolute atomic E-state index is 0.0104. The molecule has 4 amide bonds. The molecule has 4 N–H and O–H groups in total. The third kappa shape index (κ3) is 20.8. The fourth-order valence-electron chi connectivity index (χ4n) is 7.53. The first-order valence-electron chi connectivity index (χ1n) is 23.8. The highest BCUT2D eigenvalue weighted by Crippen LogP contribution is 2.24. The van der Waals surface area contributed by atoms with Crippen LogP contribution in [-0.2, 0) is 23.7 Å². The molecule has 0 spiro atoms. The largest absolute Gasteiger partial charge is 0.444 e. The summed E-state index contributed by atoms with van der Waals surface area (Å²) in [6, 6.07) is 0.583. The number of ether oxygens (including phenoxy) is 4. The summed E-state index contributed by atoms with van der Waals surface area (Å²) in [5.41, 5.74) is 3.77. The van der Waals surface area contributed by atoms with Crippen LogP contribution in [0, 0.1) is 0 Å². The van der Waals surface area contributed by atoms with Crippen LogP contribution in [-0.4, -0.2) is 156 Å². The zero-order valence-electron chi connectivity index (χ0n) is 42.6. The molecule has 21 heteroatoms. The number of hydrogen-bond acceptors (Lipinski definition) is 13. The number of nitrogens with zero attached hydrogens (tertiary/aromatic N) is 7. The number of aromatic amines is 2. The van der Waals surface area contributed by atoms with Gasteiger partial charge < -0.3 is 54.2 Å². The van der Waals surface area contributed by atoms with Gasteiger partial charge in [-0.15, -0.1) is 0 Å². The lowest BCUT2D eigenvalue weighted by molar-refractivity contribution is 0.0177. The van der Waals surface area contributed by atoms with Crippen molar-refractivity contribution in [1.29, 1.82) is 0 Å². The summed E-state index contributed by atoms with van der Waals surface area (Å²) in [4.78, 5) is 95.9. The van der Waals surface area contributed by atoms with Crippen LogP contribution >= 0.6 is 0 Å². The molecule has 0 atom stereocenters. The second-order valence-corrected chi connectivity index (χ2v) is 21.5. The smallest absolute Gasteiger partial charge is 0.410 e. The van der Waals surface area contributed by atoms with Gasteiger partial charge in [-0.1, -0.05) is 0 Å². The standard InChI is InChI=1S/2C13H21N3O3.C11H18N2O3.C10H20N2O2/c2*1-13(2,3)19-12(18)15-7-4-10(5-8-15)16-9-6-14-11(16)17;1-11(2,3)16-10(15)13-6-4-9(5-7-13)12-8-14;1-10(2,3)14-9(13)12-6-4-8(11)5-7-12/h2*6,9-10H,4-5,7-8H2,1-3H3,(H,14,17);9H,4-7H2,1-3H3;8H,4-7,11H2,1-3H3. The predicted octanol–water partition coefficient (Wildman–Crippen LogP) is 6.56. The van der Waals surface area contributed by atoms with Crippen molar-refractivity contribution in [2.24, 2.45) is 10.7 Å². The van der Waals surface area contributed by atoms with E-state index in [-0.39, 0.29) is 59.9 Å². The number of carbonyl (C=O) groups excluding carboxylic acids is 5. The molecule has 0 saturated carbocycles. The van der Waals surface area contributed by atoms with E-state index in [4.69, 9.17) is 24.7 Å². The number of H-pyrrole nitrogens is 2. The summed E-state index contributed by atoms with van der Waals surface area (Å²) in [5.74, 6) is 0. The van der Waals surface area contributed by atoms with E-state index in [0.717, 1.165) is 51.6 Å². The van der Waals surface area contributed by atoms with E-state index in [2.05, 4.69) is 15.0 Å². The molecule has 4 aliphatic heterocycles. The molecule has 21 nitrogen and oxygen atoms in total. The average Bonchev–Trinajstić information content (AvgIpc) is 3.87. The van der Waals surface area contributed by atoms with Gasteiger partial charge in [0, 0.05) is 95.3 Å². The van der Waals surface area contributed by atoms with Crippen LogP contribution in [0.1, 0.15) is 147 Å². The number of piperidine rings is 4. The van der Waals surface area contributed by atoms with Crippen LogP contribution in [0.25, 0.3) is 0 Å². The Kier molecular flexibility index (Phi) is 21.0. The fourth-order valence-corrected chi connectivity index (χ4v) is 7.53. The van der Waals surface area contributed by atoms with E-state index in [1.54, 1.807) is 59.6 Å². The van der Waals surface area contributed by atoms with Crippen LogP contribution in [0.3, 0.4) is 0 Å².